The van der Waals surface area contributed by atoms with E-state index in [0.29, 0.717) is 12.5 Å². The van der Waals surface area contributed by atoms with Gasteiger partial charge in [0.05, 0.1) is 19.9 Å². The van der Waals surface area contributed by atoms with E-state index in [1.54, 1.807) is 0 Å². The molecular formula is C12H18N6O2. The highest BCUT2D eigenvalue weighted by Crippen LogP contribution is 2.16. The smallest absolute Gasteiger partial charge is 0.324 e. The number of ether oxygens (including phenoxy) is 2. The molecule has 2 aromatic heterocycles. The summed E-state index contributed by atoms with van der Waals surface area (Å²) < 4.78 is 11.9. The van der Waals surface area contributed by atoms with E-state index in [-0.39, 0.29) is 12.0 Å². The van der Waals surface area contributed by atoms with Crippen LogP contribution < -0.4 is 14.8 Å². The van der Waals surface area contributed by atoms with Crippen LogP contribution in [0.3, 0.4) is 0 Å². The zero-order valence-electron chi connectivity index (χ0n) is 12.3. The topological polar surface area (TPSA) is 87.0 Å². The lowest BCUT2D eigenvalue weighted by Crippen LogP contribution is -2.08. The molecule has 0 aliphatic heterocycles. The maximum Gasteiger partial charge on any atom is 0.324 e. The molecule has 8 heteroatoms. The molecule has 0 aromatic carbocycles. The molecule has 0 amide bonds. The number of rotatable bonds is 5. The largest absolute Gasteiger partial charge is 0.467 e. The van der Waals surface area contributed by atoms with E-state index in [4.69, 9.17) is 9.47 Å². The maximum atomic E-state index is 5.00. The molecule has 0 atom stereocenters. The summed E-state index contributed by atoms with van der Waals surface area (Å²) in [5.74, 6) is 0.399. The van der Waals surface area contributed by atoms with Crippen LogP contribution in [0, 0.1) is 13.8 Å². The Morgan fingerprint density at radius 1 is 1.05 bits per heavy atom. The number of hydrogen-bond donors (Lipinski definition) is 1. The van der Waals surface area contributed by atoms with Gasteiger partial charge in [-0.2, -0.15) is 15.1 Å². The fourth-order valence-electron chi connectivity index (χ4n) is 1.84. The Morgan fingerprint density at radius 3 is 2.10 bits per heavy atom. The van der Waals surface area contributed by atoms with Crippen LogP contribution in [0.1, 0.15) is 17.0 Å². The predicted molar refractivity (Wildman–Crippen MR) is 72.9 cm³/mol. The summed E-state index contributed by atoms with van der Waals surface area (Å²) in [5, 5.41) is 7.49. The van der Waals surface area contributed by atoms with Crippen LogP contribution in [0.15, 0.2) is 0 Å². The van der Waals surface area contributed by atoms with Crippen molar-refractivity contribution >= 4 is 5.95 Å². The molecule has 2 heterocycles. The lowest BCUT2D eigenvalue weighted by atomic mass is 10.2. The molecule has 0 spiro atoms. The van der Waals surface area contributed by atoms with Crippen molar-refractivity contribution in [1.29, 1.82) is 0 Å². The molecule has 0 saturated heterocycles. The number of aromatic nitrogens is 5. The summed E-state index contributed by atoms with van der Waals surface area (Å²) in [6.45, 7) is 4.56. The van der Waals surface area contributed by atoms with Crippen LogP contribution in [0.4, 0.5) is 5.95 Å². The second-order valence-electron chi connectivity index (χ2n) is 4.26. The standard InChI is InChI=1S/C12H18N6O2/c1-7-9(8(2)18(3)17-7)6-13-10-14-11(19-4)16-12(15-10)20-5/h6H2,1-5H3,(H,13,14,15,16). The first kappa shape index (κ1) is 14.0. The summed E-state index contributed by atoms with van der Waals surface area (Å²) in [7, 11) is 4.91. The molecule has 1 N–H and O–H groups in total. The molecule has 0 aliphatic carbocycles. The van der Waals surface area contributed by atoms with Crippen LogP contribution in [0.2, 0.25) is 0 Å². The van der Waals surface area contributed by atoms with Gasteiger partial charge in [-0.1, -0.05) is 0 Å². The van der Waals surface area contributed by atoms with E-state index in [2.05, 4.69) is 25.4 Å². The van der Waals surface area contributed by atoms with E-state index >= 15 is 0 Å². The van der Waals surface area contributed by atoms with Gasteiger partial charge < -0.3 is 14.8 Å². The molecule has 0 bridgehead atoms. The molecule has 20 heavy (non-hydrogen) atoms. The van der Waals surface area contributed by atoms with E-state index < -0.39 is 0 Å². The Labute approximate surface area is 117 Å². The predicted octanol–water partition coefficient (Wildman–Crippen LogP) is 0.851. The van der Waals surface area contributed by atoms with Gasteiger partial charge in [-0.15, -0.1) is 4.98 Å². The van der Waals surface area contributed by atoms with Gasteiger partial charge in [-0.3, -0.25) is 4.68 Å². The van der Waals surface area contributed by atoms with Gasteiger partial charge in [0.25, 0.3) is 0 Å². The van der Waals surface area contributed by atoms with Gasteiger partial charge in [0.1, 0.15) is 0 Å². The third-order valence-electron chi connectivity index (χ3n) is 3.04. The van der Waals surface area contributed by atoms with Gasteiger partial charge in [-0.05, 0) is 13.8 Å². The zero-order valence-corrected chi connectivity index (χ0v) is 12.3. The van der Waals surface area contributed by atoms with Crippen molar-refractivity contribution in [2.75, 3.05) is 19.5 Å². The Balaban J connectivity index is 2.18. The third-order valence-corrected chi connectivity index (χ3v) is 3.04. The molecule has 2 aromatic rings. The fourth-order valence-corrected chi connectivity index (χ4v) is 1.84. The summed E-state index contributed by atoms with van der Waals surface area (Å²) in [6, 6.07) is 0.415. The minimum Gasteiger partial charge on any atom is -0.467 e. The first-order valence-electron chi connectivity index (χ1n) is 6.12. The normalized spacial score (nSPS) is 10.4. The number of anilines is 1. The van der Waals surface area contributed by atoms with Gasteiger partial charge in [0, 0.05) is 24.8 Å². The molecule has 0 fully saturated rings. The number of nitrogens with one attached hydrogen (secondary N) is 1. The lowest BCUT2D eigenvalue weighted by molar-refractivity contribution is 0.341. The van der Waals surface area contributed by atoms with Crippen molar-refractivity contribution in [2.45, 2.75) is 20.4 Å². The average molecular weight is 278 g/mol. The molecule has 0 unspecified atom stereocenters. The number of aryl methyl sites for hydroxylation is 2. The van der Waals surface area contributed by atoms with Crippen LogP contribution in [0.5, 0.6) is 12.0 Å². The van der Waals surface area contributed by atoms with Crippen molar-refractivity contribution in [3.8, 4) is 12.0 Å². The number of nitrogens with zero attached hydrogens (tertiary/aromatic N) is 5. The first-order valence-corrected chi connectivity index (χ1v) is 6.12. The lowest BCUT2D eigenvalue weighted by Gasteiger charge is -2.07. The van der Waals surface area contributed by atoms with Gasteiger partial charge in [-0.25, -0.2) is 0 Å². The number of hydrogen-bond acceptors (Lipinski definition) is 7. The minimum atomic E-state index is 0.207. The second-order valence-corrected chi connectivity index (χ2v) is 4.26. The fraction of sp³-hybridized carbons (Fsp3) is 0.500. The van der Waals surface area contributed by atoms with Crippen molar-refractivity contribution in [3.63, 3.8) is 0 Å². The van der Waals surface area contributed by atoms with Crippen molar-refractivity contribution in [1.82, 2.24) is 24.7 Å². The molecule has 108 valence electrons. The summed E-state index contributed by atoms with van der Waals surface area (Å²) in [4.78, 5) is 12.2. The zero-order chi connectivity index (χ0) is 14.7. The molecule has 0 radical (unpaired) electrons. The Hall–Kier alpha value is -2.38. The monoisotopic (exact) mass is 278 g/mol. The average Bonchev–Trinajstić information content (AvgIpc) is 2.69. The summed E-state index contributed by atoms with van der Waals surface area (Å²) >= 11 is 0. The molecule has 2 rings (SSSR count). The van der Waals surface area contributed by atoms with Crippen LogP contribution in [0.25, 0.3) is 0 Å². The van der Waals surface area contributed by atoms with Gasteiger partial charge >= 0.3 is 12.0 Å². The first-order chi connectivity index (χ1) is 9.55. The van der Waals surface area contributed by atoms with Gasteiger partial charge in [0.15, 0.2) is 0 Å². The van der Waals surface area contributed by atoms with Gasteiger partial charge in [0.2, 0.25) is 5.95 Å². The highest BCUT2D eigenvalue weighted by atomic mass is 16.5. The Bertz CT molecular complexity index is 588. The quantitative estimate of drug-likeness (QED) is 0.867. The second kappa shape index (κ2) is 5.72. The highest BCUT2D eigenvalue weighted by molar-refractivity contribution is 5.33. The van der Waals surface area contributed by atoms with E-state index in [1.807, 2.05) is 25.6 Å². The van der Waals surface area contributed by atoms with Crippen molar-refractivity contribution in [3.05, 3.63) is 17.0 Å². The SMILES string of the molecule is COc1nc(NCc2c(C)nn(C)c2C)nc(OC)n1. The highest BCUT2D eigenvalue weighted by Gasteiger charge is 2.11. The van der Waals surface area contributed by atoms with Crippen LogP contribution >= 0.6 is 0 Å². The van der Waals surface area contributed by atoms with E-state index in [9.17, 15) is 0 Å². The maximum absolute atomic E-state index is 5.00. The van der Waals surface area contributed by atoms with Crippen LogP contribution in [-0.2, 0) is 13.6 Å². The van der Waals surface area contributed by atoms with Crippen LogP contribution in [-0.4, -0.2) is 39.0 Å². The molecule has 0 aliphatic rings. The minimum absolute atomic E-state index is 0.207. The van der Waals surface area contributed by atoms with E-state index in [0.717, 1.165) is 17.0 Å². The number of methoxy groups -OCH3 is 2. The van der Waals surface area contributed by atoms with Crippen molar-refractivity contribution < 1.29 is 9.47 Å². The third kappa shape index (κ3) is 2.79. The summed E-state index contributed by atoms with van der Waals surface area (Å²) in [5.41, 5.74) is 3.19. The molecule has 0 saturated carbocycles. The molecular weight excluding hydrogens is 260 g/mol. The Morgan fingerprint density at radius 2 is 1.65 bits per heavy atom. The van der Waals surface area contributed by atoms with E-state index in [1.165, 1.54) is 14.2 Å². The Kier molecular flexibility index (Phi) is 4.02. The molecule has 8 nitrogen and oxygen atoms in total. The summed E-state index contributed by atoms with van der Waals surface area (Å²) in [6.07, 6.45) is 0. The van der Waals surface area contributed by atoms with Crippen molar-refractivity contribution in [2.24, 2.45) is 7.05 Å².